The lowest BCUT2D eigenvalue weighted by atomic mass is 10.0. The van der Waals surface area contributed by atoms with Gasteiger partial charge in [0.2, 0.25) is 0 Å². The van der Waals surface area contributed by atoms with E-state index in [0.717, 1.165) is 5.56 Å². The van der Waals surface area contributed by atoms with Crippen LogP contribution in [0, 0.1) is 6.92 Å². The van der Waals surface area contributed by atoms with Gasteiger partial charge in [-0.15, -0.1) is 0 Å². The first-order valence-electron chi connectivity index (χ1n) is 5.66. The Morgan fingerprint density at radius 2 is 2.00 bits per heavy atom. The summed E-state index contributed by atoms with van der Waals surface area (Å²) >= 11 is 6.03. The number of aromatic nitrogens is 1. The molecular formula is C13H12ClNO4. The number of carboxylic acid groups (broad SMARTS) is 2. The molecule has 3 N–H and O–H groups in total. The van der Waals surface area contributed by atoms with Crippen molar-refractivity contribution in [2.24, 2.45) is 0 Å². The van der Waals surface area contributed by atoms with Gasteiger partial charge in [0, 0.05) is 22.3 Å². The van der Waals surface area contributed by atoms with Crippen molar-refractivity contribution in [3.63, 3.8) is 0 Å². The number of fused-ring (bicyclic) bond motifs is 1. The zero-order chi connectivity index (χ0) is 14.2. The van der Waals surface area contributed by atoms with E-state index in [1.54, 1.807) is 12.1 Å². The molecule has 0 radical (unpaired) electrons. The Hall–Kier alpha value is -2.01. The van der Waals surface area contributed by atoms with E-state index in [2.05, 4.69) is 4.98 Å². The van der Waals surface area contributed by atoms with Gasteiger partial charge < -0.3 is 15.2 Å². The highest BCUT2D eigenvalue weighted by molar-refractivity contribution is 6.32. The topological polar surface area (TPSA) is 90.4 Å². The van der Waals surface area contributed by atoms with Gasteiger partial charge in [-0.2, -0.15) is 0 Å². The fourth-order valence-electron chi connectivity index (χ4n) is 2.05. The SMILES string of the molecule is Cc1cc2[nH]c(C(=O)O)c(CCC(=O)O)c2cc1Cl. The molecule has 0 amide bonds. The van der Waals surface area contributed by atoms with Gasteiger partial charge in [0.25, 0.3) is 0 Å². The Morgan fingerprint density at radius 3 is 2.58 bits per heavy atom. The van der Waals surface area contributed by atoms with E-state index in [1.807, 2.05) is 6.92 Å². The number of rotatable bonds is 4. The highest BCUT2D eigenvalue weighted by Gasteiger charge is 2.18. The highest BCUT2D eigenvalue weighted by atomic mass is 35.5. The lowest BCUT2D eigenvalue weighted by molar-refractivity contribution is -0.136. The third-order valence-corrected chi connectivity index (χ3v) is 3.40. The summed E-state index contributed by atoms with van der Waals surface area (Å²) in [5, 5.41) is 19.1. The van der Waals surface area contributed by atoms with Crippen molar-refractivity contribution in [2.45, 2.75) is 19.8 Å². The van der Waals surface area contributed by atoms with E-state index in [4.69, 9.17) is 21.8 Å². The Morgan fingerprint density at radius 1 is 1.32 bits per heavy atom. The molecular weight excluding hydrogens is 270 g/mol. The van der Waals surface area contributed by atoms with E-state index < -0.39 is 11.9 Å². The molecule has 6 heteroatoms. The normalized spacial score (nSPS) is 10.8. The molecule has 5 nitrogen and oxygen atoms in total. The summed E-state index contributed by atoms with van der Waals surface area (Å²) < 4.78 is 0. The number of hydrogen-bond donors (Lipinski definition) is 3. The quantitative estimate of drug-likeness (QED) is 0.804. The standard InChI is InChI=1S/C13H12ClNO4/c1-6-4-10-8(5-9(6)14)7(2-3-11(16)17)12(15-10)13(18)19/h4-5,15H,2-3H2,1H3,(H,16,17)(H,18,19). The molecule has 1 heterocycles. The molecule has 0 atom stereocenters. The predicted octanol–water partition coefficient (Wildman–Crippen LogP) is 2.85. The zero-order valence-electron chi connectivity index (χ0n) is 10.2. The van der Waals surface area contributed by atoms with Gasteiger partial charge in [0.1, 0.15) is 5.69 Å². The van der Waals surface area contributed by atoms with Crippen molar-refractivity contribution in [3.8, 4) is 0 Å². The van der Waals surface area contributed by atoms with Crippen LogP contribution in [0.3, 0.4) is 0 Å². The second kappa shape index (κ2) is 4.93. The number of aliphatic carboxylic acids is 1. The number of aryl methyl sites for hydroxylation is 2. The molecule has 19 heavy (non-hydrogen) atoms. The fraction of sp³-hybridized carbons (Fsp3) is 0.231. The number of carbonyl (C=O) groups is 2. The molecule has 0 spiro atoms. The maximum atomic E-state index is 11.2. The summed E-state index contributed by atoms with van der Waals surface area (Å²) in [6.45, 7) is 1.82. The highest BCUT2D eigenvalue weighted by Crippen LogP contribution is 2.29. The van der Waals surface area contributed by atoms with Crippen LogP contribution in [0.15, 0.2) is 12.1 Å². The predicted molar refractivity (Wildman–Crippen MR) is 71.0 cm³/mol. The average molecular weight is 282 g/mol. The van der Waals surface area contributed by atoms with Crippen LogP contribution in [0.4, 0.5) is 0 Å². The molecule has 0 fully saturated rings. The Balaban J connectivity index is 2.62. The van der Waals surface area contributed by atoms with Crippen LogP contribution in [-0.4, -0.2) is 27.1 Å². The monoisotopic (exact) mass is 281 g/mol. The molecule has 0 unspecified atom stereocenters. The van der Waals surface area contributed by atoms with Crippen molar-refractivity contribution in [2.75, 3.05) is 0 Å². The van der Waals surface area contributed by atoms with Crippen molar-refractivity contribution in [1.29, 1.82) is 0 Å². The number of aromatic carboxylic acids is 1. The maximum Gasteiger partial charge on any atom is 0.352 e. The van der Waals surface area contributed by atoms with Gasteiger partial charge in [-0.1, -0.05) is 11.6 Å². The van der Waals surface area contributed by atoms with Gasteiger partial charge in [0.05, 0.1) is 0 Å². The minimum atomic E-state index is -1.11. The van der Waals surface area contributed by atoms with E-state index in [9.17, 15) is 9.59 Å². The number of benzene rings is 1. The van der Waals surface area contributed by atoms with Crippen LogP contribution in [-0.2, 0) is 11.2 Å². The van der Waals surface area contributed by atoms with Crippen molar-refractivity contribution >= 4 is 34.4 Å². The largest absolute Gasteiger partial charge is 0.481 e. The summed E-state index contributed by atoms with van der Waals surface area (Å²) in [4.78, 5) is 24.6. The zero-order valence-corrected chi connectivity index (χ0v) is 10.9. The number of nitrogens with one attached hydrogen (secondary N) is 1. The second-order valence-corrected chi connectivity index (χ2v) is 4.73. The van der Waals surface area contributed by atoms with Crippen LogP contribution in [0.1, 0.15) is 28.0 Å². The number of H-pyrrole nitrogens is 1. The van der Waals surface area contributed by atoms with E-state index >= 15 is 0 Å². The Kier molecular flexibility index (Phi) is 3.48. The fourth-order valence-corrected chi connectivity index (χ4v) is 2.22. The summed E-state index contributed by atoms with van der Waals surface area (Å²) in [7, 11) is 0. The third-order valence-electron chi connectivity index (χ3n) is 2.99. The van der Waals surface area contributed by atoms with Crippen LogP contribution < -0.4 is 0 Å². The Labute approximate surface area is 113 Å². The molecule has 1 aromatic carbocycles. The summed E-state index contributed by atoms with van der Waals surface area (Å²) in [5.74, 6) is -2.07. The van der Waals surface area contributed by atoms with Crippen LogP contribution in [0.25, 0.3) is 10.9 Å². The molecule has 0 bridgehead atoms. The minimum Gasteiger partial charge on any atom is -0.481 e. The molecule has 100 valence electrons. The summed E-state index contributed by atoms with van der Waals surface area (Å²) in [6.07, 6.45) is 0.0229. The first-order valence-corrected chi connectivity index (χ1v) is 6.03. The molecule has 0 saturated heterocycles. The second-order valence-electron chi connectivity index (χ2n) is 4.32. The van der Waals surface area contributed by atoms with Gasteiger partial charge in [-0.05, 0) is 36.6 Å². The smallest absolute Gasteiger partial charge is 0.352 e. The molecule has 1 aromatic heterocycles. The number of carboxylic acids is 2. The number of halogens is 1. The molecule has 0 aliphatic heterocycles. The molecule has 0 aliphatic carbocycles. The minimum absolute atomic E-state index is 0.0258. The average Bonchev–Trinajstić information content (AvgIpc) is 2.65. The van der Waals surface area contributed by atoms with Crippen molar-refractivity contribution < 1.29 is 19.8 Å². The van der Waals surface area contributed by atoms with Gasteiger partial charge >= 0.3 is 11.9 Å². The molecule has 0 aliphatic rings. The van der Waals surface area contributed by atoms with Crippen molar-refractivity contribution in [3.05, 3.63) is 34.0 Å². The van der Waals surface area contributed by atoms with Crippen molar-refractivity contribution in [1.82, 2.24) is 4.98 Å². The van der Waals surface area contributed by atoms with E-state index in [0.29, 0.717) is 21.5 Å². The lowest BCUT2D eigenvalue weighted by Crippen LogP contribution is -2.04. The van der Waals surface area contributed by atoms with E-state index in [1.165, 1.54) is 0 Å². The summed E-state index contributed by atoms with van der Waals surface area (Å²) in [5.41, 5.74) is 1.99. The maximum absolute atomic E-state index is 11.2. The third kappa shape index (κ3) is 2.56. The molecule has 2 rings (SSSR count). The van der Waals surface area contributed by atoms with Crippen LogP contribution in [0.5, 0.6) is 0 Å². The van der Waals surface area contributed by atoms with Crippen LogP contribution in [0.2, 0.25) is 5.02 Å². The van der Waals surface area contributed by atoms with Gasteiger partial charge in [-0.25, -0.2) is 4.79 Å². The van der Waals surface area contributed by atoms with Gasteiger partial charge in [0.15, 0.2) is 0 Å². The lowest BCUT2D eigenvalue weighted by Gasteiger charge is -2.01. The molecule has 2 aromatic rings. The molecule has 0 saturated carbocycles. The Bertz CT molecular complexity index is 675. The van der Waals surface area contributed by atoms with E-state index in [-0.39, 0.29) is 18.5 Å². The first kappa shape index (κ1) is 13.4. The first-order chi connectivity index (χ1) is 8.90. The van der Waals surface area contributed by atoms with Gasteiger partial charge in [-0.3, -0.25) is 4.79 Å². The number of aromatic amines is 1. The number of hydrogen-bond acceptors (Lipinski definition) is 2. The summed E-state index contributed by atoms with van der Waals surface area (Å²) in [6, 6.07) is 3.43. The van der Waals surface area contributed by atoms with Crippen LogP contribution >= 0.6 is 11.6 Å².